The number of rotatable bonds is 3. The zero-order chi connectivity index (χ0) is 13.0. The molecule has 3 nitrogen and oxygen atoms in total. The van der Waals surface area contributed by atoms with E-state index in [9.17, 15) is 4.39 Å². The van der Waals surface area contributed by atoms with Gasteiger partial charge in [0.1, 0.15) is 5.82 Å². The molecule has 0 aromatic heterocycles. The first-order valence-electron chi connectivity index (χ1n) is 6.31. The third-order valence-electron chi connectivity index (χ3n) is 3.48. The molecule has 0 aliphatic carbocycles. The molecule has 1 aromatic carbocycles. The molecule has 2 rings (SSSR count). The van der Waals surface area contributed by atoms with Crippen molar-refractivity contribution < 1.29 is 4.39 Å². The molecular formula is C14H18FN3. The van der Waals surface area contributed by atoms with E-state index in [-0.39, 0.29) is 5.82 Å². The third-order valence-corrected chi connectivity index (χ3v) is 3.48. The summed E-state index contributed by atoms with van der Waals surface area (Å²) in [6.45, 7) is 2.51. The number of nitriles is 1. The lowest BCUT2D eigenvalue weighted by atomic mass is 10.0. The highest BCUT2D eigenvalue weighted by Gasteiger charge is 2.19. The number of likely N-dealkylation sites (tertiary alicyclic amines) is 1. The van der Waals surface area contributed by atoms with Crippen molar-refractivity contribution >= 4 is 0 Å². The van der Waals surface area contributed by atoms with E-state index in [0.29, 0.717) is 23.7 Å². The lowest BCUT2D eigenvalue weighted by Gasteiger charge is -2.32. The van der Waals surface area contributed by atoms with Crippen LogP contribution in [0.5, 0.6) is 0 Å². The van der Waals surface area contributed by atoms with E-state index in [0.717, 1.165) is 19.5 Å². The molecule has 1 aliphatic heterocycles. The summed E-state index contributed by atoms with van der Waals surface area (Å²) in [7, 11) is 1.96. The predicted molar refractivity (Wildman–Crippen MR) is 68.5 cm³/mol. The van der Waals surface area contributed by atoms with E-state index in [1.54, 1.807) is 6.07 Å². The van der Waals surface area contributed by atoms with Crippen LogP contribution in [-0.4, -0.2) is 31.1 Å². The molecule has 1 saturated heterocycles. The molecule has 1 heterocycles. The highest BCUT2D eigenvalue weighted by Crippen LogP contribution is 2.16. The number of benzene rings is 1. The highest BCUT2D eigenvalue weighted by molar-refractivity contribution is 5.33. The van der Waals surface area contributed by atoms with Gasteiger partial charge in [-0.3, -0.25) is 4.90 Å². The Morgan fingerprint density at radius 1 is 1.56 bits per heavy atom. The van der Waals surface area contributed by atoms with Crippen molar-refractivity contribution in [3.63, 3.8) is 0 Å². The average molecular weight is 247 g/mol. The molecule has 18 heavy (non-hydrogen) atoms. The first-order valence-corrected chi connectivity index (χ1v) is 6.31. The van der Waals surface area contributed by atoms with E-state index < -0.39 is 0 Å². The van der Waals surface area contributed by atoms with Crippen LogP contribution in [0.15, 0.2) is 18.2 Å². The number of piperidine rings is 1. The van der Waals surface area contributed by atoms with E-state index in [2.05, 4.69) is 16.3 Å². The zero-order valence-electron chi connectivity index (χ0n) is 10.6. The van der Waals surface area contributed by atoms with Gasteiger partial charge in [-0.2, -0.15) is 5.26 Å². The van der Waals surface area contributed by atoms with Gasteiger partial charge in [0.15, 0.2) is 0 Å². The molecule has 96 valence electrons. The molecule has 4 heteroatoms. The number of hydrogen-bond donors (Lipinski definition) is 1. The Hall–Kier alpha value is -1.44. The Bertz CT molecular complexity index is 453. The SMILES string of the molecule is CNC1CCCN(Cc2cc(C#N)ccc2F)C1. The lowest BCUT2D eigenvalue weighted by molar-refractivity contribution is 0.186. The molecule has 0 amide bonds. The molecule has 1 aliphatic rings. The van der Waals surface area contributed by atoms with E-state index in [1.165, 1.54) is 18.6 Å². The summed E-state index contributed by atoms with van der Waals surface area (Å²) in [4.78, 5) is 2.24. The van der Waals surface area contributed by atoms with Crippen molar-refractivity contribution in [2.45, 2.75) is 25.4 Å². The van der Waals surface area contributed by atoms with Crippen LogP contribution in [0.1, 0.15) is 24.0 Å². The fraction of sp³-hybridized carbons (Fsp3) is 0.500. The number of hydrogen-bond acceptors (Lipinski definition) is 3. The van der Waals surface area contributed by atoms with Gasteiger partial charge in [-0.05, 0) is 44.6 Å². The van der Waals surface area contributed by atoms with Crippen molar-refractivity contribution in [1.82, 2.24) is 10.2 Å². The number of nitrogens with one attached hydrogen (secondary N) is 1. The first-order chi connectivity index (χ1) is 8.72. The maximum Gasteiger partial charge on any atom is 0.127 e. The van der Waals surface area contributed by atoms with Gasteiger partial charge in [0.25, 0.3) is 0 Å². The van der Waals surface area contributed by atoms with Crippen molar-refractivity contribution in [2.24, 2.45) is 0 Å². The Morgan fingerprint density at radius 2 is 2.39 bits per heavy atom. The molecule has 1 N–H and O–H groups in total. The standard InChI is InChI=1S/C14H18FN3/c1-17-13-3-2-6-18(10-13)9-12-7-11(8-16)4-5-14(12)15/h4-5,7,13,17H,2-3,6,9-10H2,1H3. The second kappa shape index (κ2) is 5.94. The molecule has 0 bridgehead atoms. The van der Waals surface area contributed by atoms with Crippen LogP contribution in [0.4, 0.5) is 4.39 Å². The molecule has 0 saturated carbocycles. The third kappa shape index (κ3) is 3.06. The summed E-state index contributed by atoms with van der Waals surface area (Å²) in [5, 5.41) is 12.1. The van der Waals surface area contributed by atoms with Crippen LogP contribution >= 0.6 is 0 Å². The number of halogens is 1. The van der Waals surface area contributed by atoms with Gasteiger partial charge in [-0.25, -0.2) is 4.39 Å². The Balaban J connectivity index is 2.07. The average Bonchev–Trinajstić information content (AvgIpc) is 2.41. The minimum Gasteiger partial charge on any atom is -0.316 e. The minimum atomic E-state index is -0.222. The largest absolute Gasteiger partial charge is 0.316 e. The van der Waals surface area contributed by atoms with Gasteiger partial charge >= 0.3 is 0 Å². The van der Waals surface area contributed by atoms with Gasteiger partial charge < -0.3 is 5.32 Å². The minimum absolute atomic E-state index is 0.222. The monoisotopic (exact) mass is 247 g/mol. The van der Waals surface area contributed by atoms with Gasteiger partial charge in [-0.1, -0.05) is 0 Å². The molecule has 0 radical (unpaired) electrons. The summed E-state index contributed by atoms with van der Waals surface area (Å²) < 4.78 is 13.7. The van der Waals surface area contributed by atoms with Crippen LogP contribution in [0.3, 0.4) is 0 Å². The maximum absolute atomic E-state index is 13.7. The normalized spacial score (nSPS) is 20.6. The van der Waals surface area contributed by atoms with Crippen LogP contribution < -0.4 is 5.32 Å². The van der Waals surface area contributed by atoms with Crippen molar-refractivity contribution in [1.29, 1.82) is 5.26 Å². The topological polar surface area (TPSA) is 39.1 Å². The van der Waals surface area contributed by atoms with Crippen molar-refractivity contribution in [3.8, 4) is 6.07 Å². The van der Waals surface area contributed by atoms with E-state index in [4.69, 9.17) is 5.26 Å². The number of likely N-dealkylation sites (N-methyl/N-ethyl adjacent to an activating group) is 1. The summed E-state index contributed by atoms with van der Waals surface area (Å²) in [5.41, 5.74) is 1.14. The molecule has 1 fully saturated rings. The Kier molecular flexibility index (Phi) is 4.29. The molecule has 0 spiro atoms. The van der Waals surface area contributed by atoms with Gasteiger partial charge in [-0.15, -0.1) is 0 Å². The lowest BCUT2D eigenvalue weighted by Crippen LogP contribution is -2.43. The number of nitrogens with zero attached hydrogens (tertiary/aromatic N) is 2. The summed E-state index contributed by atoms with van der Waals surface area (Å²) in [5.74, 6) is -0.222. The summed E-state index contributed by atoms with van der Waals surface area (Å²) in [6, 6.07) is 7.09. The summed E-state index contributed by atoms with van der Waals surface area (Å²) in [6.07, 6.45) is 2.30. The van der Waals surface area contributed by atoms with Crippen LogP contribution in [0.2, 0.25) is 0 Å². The highest BCUT2D eigenvalue weighted by atomic mass is 19.1. The fourth-order valence-electron chi connectivity index (χ4n) is 2.44. The van der Waals surface area contributed by atoms with E-state index in [1.807, 2.05) is 7.05 Å². The van der Waals surface area contributed by atoms with Gasteiger partial charge in [0.2, 0.25) is 0 Å². The van der Waals surface area contributed by atoms with Gasteiger partial charge in [0, 0.05) is 24.7 Å². The fourth-order valence-corrected chi connectivity index (χ4v) is 2.44. The zero-order valence-corrected chi connectivity index (χ0v) is 10.6. The Morgan fingerprint density at radius 3 is 3.11 bits per heavy atom. The Labute approximate surface area is 107 Å². The molecule has 1 unspecified atom stereocenters. The summed E-state index contributed by atoms with van der Waals surface area (Å²) >= 11 is 0. The van der Waals surface area contributed by atoms with Crippen LogP contribution in [0, 0.1) is 17.1 Å². The predicted octanol–water partition coefficient (Wildman–Crippen LogP) is 1.88. The molecular weight excluding hydrogens is 229 g/mol. The van der Waals surface area contributed by atoms with Gasteiger partial charge in [0.05, 0.1) is 11.6 Å². The second-order valence-electron chi connectivity index (χ2n) is 4.78. The first kappa shape index (κ1) is 13.0. The van der Waals surface area contributed by atoms with Crippen LogP contribution in [-0.2, 0) is 6.54 Å². The second-order valence-corrected chi connectivity index (χ2v) is 4.78. The molecule has 1 aromatic rings. The smallest absolute Gasteiger partial charge is 0.127 e. The van der Waals surface area contributed by atoms with Crippen LogP contribution in [0.25, 0.3) is 0 Å². The van der Waals surface area contributed by atoms with Crippen molar-refractivity contribution in [2.75, 3.05) is 20.1 Å². The molecule has 1 atom stereocenters. The maximum atomic E-state index is 13.7. The quantitative estimate of drug-likeness (QED) is 0.886. The van der Waals surface area contributed by atoms with Crippen molar-refractivity contribution in [3.05, 3.63) is 35.1 Å². The van der Waals surface area contributed by atoms with E-state index >= 15 is 0 Å².